The number of carboxylic acids is 1. The van der Waals surface area contributed by atoms with Gasteiger partial charge in [-0.2, -0.15) is 5.26 Å². The van der Waals surface area contributed by atoms with Crippen LogP contribution < -0.4 is 19.5 Å². The topological polar surface area (TPSA) is 118 Å². The average molecular weight is 507 g/mol. The SMILES string of the molecule is COc1ccc(CNC(=O)/C(C#N)=C/c2ccc(OCc3ccc(C(=O)O)cc3)c(Cl)c2)c(OC)c1. The molecule has 0 unspecified atom stereocenters. The third kappa shape index (κ3) is 6.78. The molecule has 9 heteroatoms. The molecule has 0 heterocycles. The van der Waals surface area contributed by atoms with E-state index in [0.29, 0.717) is 27.8 Å². The lowest BCUT2D eigenvalue weighted by atomic mass is 10.1. The quantitative estimate of drug-likeness (QED) is 0.298. The fourth-order valence-electron chi connectivity index (χ4n) is 3.21. The molecule has 36 heavy (non-hydrogen) atoms. The first-order valence-corrected chi connectivity index (χ1v) is 11.1. The first kappa shape index (κ1) is 26.1. The van der Waals surface area contributed by atoms with Crippen LogP contribution in [-0.4, -0.2) is 31.2 Å². The van der Waals surface area contributed by atoms with Gasteiger partial charge in [0.15, 0.2) is 0 Å². The summed E-state index contributed by atoms with van der Waals surface area (Å²) in [7, 11) is 3.07. The molecule has 8 nitrogen and oxygen atoms in total. The highest BCUT2D eigenvalue weighted by Gasteiger charge is 2.12. The summed E-state index contributed by atoms with van der Waals surface area (Å²) < 4.78 is 16.2. The predicted molar refractivity (Wildman–Crippen MR) is 134 cm³/mol. The molecule has 0 saturated carbocycles. The zero-order valence-corrected chi connectivity index (χ0v) is 20.3. The Morgan fingerprint density at radius 2 is 1.78 bits per heavy atom. The van der Waals surface area contributed by atoms with Crippen molar-refractivity contribution in [1.29, 1.82) is 5.26 Å². The number of aromatic carboxylic acids is 1. The number of nitrogens with one attached hydrogen (secondary N) is 1. The molecule has 0 fully saturated rings. The van der Waals surface area contributed by atoms with Gasteiger partial charge in [-0.25, -0.2) is 4.79 Å². The predicted octanol–water partition coefficient (Wildman–Crippen LogP) is 4.86. The van der Waals surface area contributed by atoms with E-state index in [-0.39, 0.29) is 24.3 Å². The Hall–Kier alpha value is -4.48. The largest absolute Gasteiger partial charge is 0.497 e. The summed E-state index contributed by atoms with van der Waals surface area (Å²) in [5.41, 5.74) is 2.15. The molecule has 3 aromatic carbocycles. The van der Waals surface area contributed by atoms with Crippen molar-refractivity contribution in [2.45, 2.75) is 13.2 Å². The Balaban J connectivity index is 1.65. The van der Waals surface area contributed by atoms with Gasteiger partial charge in [0, 0.05) is 18.2 Å². The summed E-state index contributed by atoms with van der Waals surface area (Å²) in [6.07, 6.45) is 1.43. The molecule has 3 aromatic rings. The third-order valence-corrected chi connectivity index (χ3v) is 5.46. The smallest absolute Gasteiger partial charge is 0.335 e. The summed E-state index contributed by atoms with van der Waals surface area (Å²) in [5, 5.41) is 21.5. The van der Waals surface area contributed by atoms with Crippen LogP contribution in [0.2, 0.25) is 5.02 Å². The molecule has 0 bridgehead atoms. The number of nitriles is 1. The first-order chi connectivity index (χ1) is 17.3. The molecule has 0 aliphatic heterocycles. The van der Waals surface area contributed by atoms with Crippen molar-refractivity contribution in [2.24, 2.45) is 0 Å². The number of carboxylic acid groups (broad SMARTS) is 1. The monoisotopic (exact) mass is 506 g/mol. The van der Waals surface area contributed by atoms with E-state index in [4.69, 9.17) is 30.9 Å². The number of halogens is 1. The number of benzene rings is 3. The number of carbonyl (C=O) groups excluding carboxylic acids is 1. The third-order valence-electron chi connectivity index (χ3n) is 5.16. The molecule has 0 saturated heterocycles. The van der Waals surface area contributed by atoms with Gasteiger partial charge in [0.25, 0.3) is 5.91 Å². The number of amides is 1. The lowest BCUT2D eigenvalue weighted by molar-refractivity contribution is -0.117. The molecule has 1 amide bonds. The van der Waals surface area contributed by atoms with Crippen LogP contribution in [0.25, 0.3) is 6.08 Å². The number of carbonyl (C=O) groups is 2. The highest BCUT2D eigenvalue weighted by Crippen LogP contribution is 2.28. The van der Waals surface area contributed by atoms with E-state index in [1.54, 1.807) is 55.6 Å². The Labute approximate surface area is 213 Å². The van der Waals surface area contributed by atoms with Crippen molar-refractivity contribution >= 4 is 29.6 Å². The molecule has 0 aliphatic rings. The molecule has 0 radical (unpaired) electrons. The maximum Gasteiger partial charge on any atom is 0.335 e. The first-order valence-electron chi connectivity index (χ1n) is 10.7. The number of rotatable bonds is 10. The highest BCUT2D eigenvalue weighted by molar-refractivity contribution is 6.32. The Bertz CT molecular complexity index is 1330. The summed E-state index contributed by atoms with van der Waals surface area (Å²) in [4.78, 5) is 23.5. The maximum absolute atomic E-state index is 12.6. The highest BCUT2D eigenvalue weighted by atomic mass is 35.5. The fourth-order valence-corrected chi connectivity index (χ4v) is 3.46. The second-order valence-electron chi connectivity index (χ2n) is 7.51. The van der Waals surface area contributed by atoms with Gasteiger partial charge >= 0.3 is 5.97 Å². The standard InChI is InChI=1S/C27H23ClN2O6/c1-34-22-9-8-20(25(13-22)35-2)15-30-26(31)21(14-29)11-18-5-10-24(23(28)12-18)36-16-17-3-6-19(7-4-17)27(32)33/h3-13H,15-16H2,1-2H3,(H,30,31)(H,32,33)/b21-11+. The van der Waals surface area contributed by atoms with Crippen molar-refractivity contribution in [3.8, 4) is 23.3 Å². The fraction of sp³-hybridized carbons (Fsp3) is 0.148. The van der Waals surface area contributed by atoms with Gasteiger partial charge in [0.1, 0.15) is 35.5 Å². The minimum Gasteiger partial charge on any atom is -0.497 e. The molecule has 0 aromatic heterocycles. The van der Waals surface area contributed by atoms with Gasteiger partial charge in [0.2, 0.25) is 0 Å². The zero-order chi connectivity index (χ0) is 26.1. The van der Waals surface area contributed by atoms with Crippen LogP contribution in [0, 0.1) is 11.3 Å². The van der Waals surface area contributed by atoms with Crippen molar-refractivity contribution in [2.75, 3.05) is 14.2 Å². The zero-order valence-electron chi connectivity index (χ0n) is 19.6. The molecular weight excluding hydrogens is 484 g/mol. The minimum absolute atomic E-state index is 0.0919. The van der Waals surface area contributed by atoms with Crippen LogP contribution in [-0.2, 0) is 17.9 Å². The van der Waals surface area contributed by atoms with Crippen molar-refractivity contribution in [3.63, 3.8) is 0 Å². The number of ether oxygens (including phenoxy) is 3. The molecule has 3 rings (SSSR count). The van der Waals surface area contributed by atoms with Crippen molar-refractivity contribution < 1.29 is 28.9 Å². The van der Waals surface area contributed by atoms with E-state index in [1.807, 2.05) is 6.07 Å². The number of hydrogen-bond acceptors (Lipinski definition) is 6. The van der Waals surface area contributed by atoms with Crippen molar-refractivity contribution in [3.05, 3.63) is 93.5 Å². The van der Waals surface area contributed by atoms with E-state index in [9.17, 15) is 14.9 Å². The molecule has 184 valence electrons. The lowest BCUT2D eigenvalue weighted by Gasteiger charge is -2.11. The lowest BCUT2D eigenvalue weighted by Crippen LogP contribution is -2.24. The molecule has 0 spiro atoms. The number of hydrogen-bond donors (Lipinski definition) is 2. The van der Waals surface area contributed by atoms with Crippen LogP contribution in [0.4, 0.5) is 0 Å². The van der Waals surface area contributed by atoms with E-state index in [0.717, 1.165) is 11.1 Å². The maximum atomic E-state index is 12.6. The van der Waals surface area contributed by atoms with Crippen LogP contribution >= 0.6 is 11.6 Å². The molecule has 2 N–H and O–H groups in total. The van der Waals surface area contributed by atoms with Gasteiger partial charge in [-0.15, -0.1) is 0 Å². The van der Waals surface area contributed by atoms with E-state index < -0.39 is 11.9 Å². The van der Waals surface area contributed by atoms with Gasteiger partial charge in [-0.3, -0.25) is 4.79 Å². The summed E-state index contributed by atoms with van der Waals surface area (Å²) in [6.45, 7) is 0.349. The van der Waals surface area contributed by atoms with E-state index >= 15 is 0 Å². The minimum atomic E-state index is -1.000. The Morgan fingerprint density at radius 1 is 1.03 bits per heavy atom. The van der Waals surface area contributed by atoms with Gasteiger partial charge in [0.05, 0.1) is 24.8 Å². The van der Waals surface area contributed by atoms with Gasteiger partial charge in [-0.05, 0) is 53.6 Å². The van der Waals surface area contributed by atoms with Crippen LogP contribution in [0.3, 0.4) is 0 Å². The Morgan fingerprint density at radius 3 is 2.39 bits per heavy atom. The second kappa shape index (κ2) is 12.3. The van der Waals surface area contributed by atoms with E-state index in [1.165, 1.54) is 25.3 Å². The number of nitrogens with zero attached hydrogens (tertiary/aromatic N) is 1. The molecular formula is C27H23ClN2O6. The van der Waals surface area contributed by atoms with Crippen LogP contribution in [0.15, 0.2) is 66.2 Å². The molecule has 0 atom stereocenters. The average Bonchev–Trinajstić information content (AvgIpc) is 2.89. The summed E-state index contributed by atoms with van der Waals surface area (Å²) >= 11 is 6.33. The summed E-state index contributed by atoms with van der Waals surface area (Å²) in [6, 6.07) is 18.3. The second-order valence-corrected chi connectivity index (χ2v) is 7.92. The summed E-state index contributed by atoms with van der Waals surface area (Å²) in [5.74, 6) is 0.0413. The number of methoxy groups -OCH3 is 2. The Kier molecular flexibility index (Phi) is 8.92. The van der Waals surface area contributed by atoms with Crippen molar-refractivity contribution in [1.82, 2.24) is 5.32 Å². The van der Waals surface area contributed by atoms with Gasteiger partial charge in [-0.1, -0.05) is 29.8 Å². The van der Waals surface area contributed by atoms with Crippen LogP contribution in [0.5, 0.6) is 17.2 Å². The normalized spacial score (nSPS) is 10.8. The van der Waals surface area contributed by atoms with E-state index in [2.05, 4.69) is 5.32 Å². The van der Waals surface area contributed by atoms with Gasteiger partial charge < -0.3 is 24.6 Å². The van der Waals surface area contributed by atoms with Crippen LogP contribution in [0.1, 0.15) is 27.0 Å². The molecule has 0 aliphatic carbocycles.